The van der Waals surface area contributed by atoms with E-state index in [4.69, 9.17) is 0 Å². The fraction of sp³-hybridized carbons (Fsp3) is 0.0526. The Balaban J connectivity index is 0.971. The predicted molar refractivity (Wildman–Crippen MR) is 251 cm³/mol. The van der Waals surface area contributed by atoms with Crippen molar-refractivity contribution in [3.63, 3.8) is 0 Å². The van der Waals surface area contributed by atoms with Gasteiger partial charge in [0.25, 0.3) is 0 Å². The van der Waals surface area contributed by atoms with Gasteiger partial charge in [-0.2, -0.15) is 0 Å². The van der Waals surface area contributed by atoms with Gasteiger partial charge in [-0.15, -0.1) is 0 Å². The van der Waals surface area contributed by atoms with E-state index in [1.165, 1.54) is 82.8 Å². The molecule has 9 aromatic carbocycles. The highest BCUT2D eigenvalue weighted by atomic mass is 15.1. The van der Waals surface area contributed by atoms with E-state index in [9.17, 15) is 0 Å². The Morgan fingerprint density at radius 1 is 0.390 bits per heavy atom. The maximum Gasteiger partial charge on any atom is 0.0541 e. The lowest BCUT2D eigenvalue weighted by Gasteiger charge is -2.28. The van der Waals surface area contributed by atoms with Gasteiger partial charge in [0.15, 0.2) is 0 Å². The second kappa shape index (κ2) is 13.9. The molecule has 0 spiro atoms. The third-order valence-electron chi connectivity index (χ3n) is 12.4. The number of aromatic nitrogens is 1. The van der Waals surface area contributed by atoms with Gasteiger partial charge in [-0.05, 0) is 134 Å². The van der Waals surface area contributed by atoms with Crippen LogP contribution in [0.2, 0.25) is 0 Å². The van der Waals surface area contributed by atoms with Gasteiger partial charge in [-0.25, -0.2) is 0 Å². The molecular weight excluding hydrogens is 713 g/mol. The van der Waals surface area contributed by atoms with Gasteiger partial charge in [-0.1, -0.05) is 153 Å². The molecule has 0 radical (unpaired) electrons. The molecule has 2 nitrogen and oxygen atoms in total. The molecule has 0 fully saturated rings. The Hall–Kier alpha value is -7.42. The predicted octanol–water partition coefficient (Wildman–Crippen LogP) is 15.6. The summed E-state index contributed by atoms with van der Waals surface area (Å²) in [6.07, 6.45) is 2.36. The lowest BCUT2D eigenvalue weighted by Crippen LogP contribution is -2.16. The maximum atomic E-state index is 2.37. The van der Waals surface area contributed by atoms with Crippen LogP contribution in [0.5, 0.6) is 0 Å². The van der Waals surface area contributed by atoms with Crippen molar-refractivity contribution >= 4 is 61.3 Å². The Bertz CT molecular complexity index is 3200. The molecule has 0 saturated heterocycles. The van der Waals surface area contributed by atoms with Gasteiger partial charge in [-0.3, -0.25) is 0 Å². The molecule has 0 amide bonds. The summed E-state index contributed by atoms with van der Waals surface area (Å²) < 4.78 is 2.37. The number of nitrogens with zero attached hydrogens (tertiary/aromatic N) is 2. The van der Waals surface area contributed by atoms with Crippen molar-refractivity contribution in [3.8, 4) is 27.9 Å². The Labute approximate surface area is 345 Å². The van der Waals surface area contributed by atoms with E-state index < -0.39 is 0 Å². The van der Waals surface area contributed by atoms with Crippen LogP contribution in [0.1, 0.15) is 30.5 Å². The van der Waals surface area contributed by atoms with Crippen LogP contribution in [-0.2, 0) is 5.41 Å². The average Bonchev–Trinajstić information content (AvgIpc) is 3.77. The van der Waals surface area contributed by atoms with E-state index in [1.54, 1.807) is 0 Å². The quantitative estimate of drug-likeness (QED) is 0.157. The molecular formula is C57H42N2. The Morgan fingerprint density at radius 3 is 1.61 bits per heavy atom. The normalized spacial score (nSPS) is 13.2. The van der Waals surface area contributed by atoms with E-state index in [1.807, 2.05) is 0 Å². The number of fused-ring (bicyclic) bond motifs is 5. The van der Waals surface area contributed by atoms with Crippen molar-refractivity contribution in [1.82, 2.24) is 4.57 Å². The van der Waals surface area contributed by atoms with E-state index in [0.717, 1.165) is 17.1 Å². The molecule has 59 heavy (non-hydrogen) atoms. The molecule has 10 aromatic rings. The topological polar surface area (TPSA) is 8.17 Å². The molecule has 1 aliphatic rings. The second-order valence-corrected chi connectivity index (χ2v) is 16.2. The second-order valence-electron chi connectivity index (χ2n) is 16.2. The monoisotopic (exact) mass is 754 g/mol. The van der Waals surface area contributed by atoms with Crippen LogP contribution in [0.15, 0.2) is 212 Å². The molecule has 1 aromatic heterocycles. The Kier molecular flexibility index (Phi) is 8.20. The molecule has 0 unspecified atom stereocenters. The minimum atomic E-state index is -0.0638. The van der Waals surface area contributed by atoms with Crippen LogP contribution in [0.3, 0.4) is 0 Å². The number of anilines is 3. The Morgan fingerprint density at radius 2 is 0.915 bits per heavy atom. The third kappa shape index (κ3) is 5.96. The van der Waals surface area contributed by atoms with Gasteiger partial charge < -0.3 is 9.47 Å². The third-order valence-corrected chi connectivity index (χ3v) is 12.4. The molecule has 1 aliphatic carbocycles. The van der Waals surface area contributed by atoms with Crippen molar-refractivity contribution in [1.29, 1.82) is 0 Å². The minimum Gasteiger partial charge on any atom is -0.311 e. The largest absolute Gasteiger partial charge is 0.311 e. The van der Waals surface area contributed by atoms with Crippen molar-refractivity contribution in [2.75, 3.05) is 4.90 Å². The fourth-order valence-corrected chi connectivity index (χ4v) is 9.34. The highest BCUT2D eigenvalue weighted by Gasteiger charge is 2.33. The van der Waals surface area contributed by atoms with Crippen LogP contribution in [0, 0.1) is 0 Å². The average molecular weight is 755 g/mol. The van der Waals surface area contributed by atoms with E-state index in [2.05, 4.69) is 242 Å². The lowest BCUT2D eigenvalue weighted by atomic mass is 9.78. The van der Waals surface area contributed by atoms with Gasteiger partial charge >= 0.3 is 0 Å². The summed E-state index contributed by atoms with van der Waals surface area (Å²) in [4.78, 5) is 2.37. The number of rotatable bonds is 7. The van der Waals surface area contributed by atoms with Crippen molar-refractivity contribution in [3.05, 3.63) is 229 Å². The SMILES string of the molecule is CC1(C)C(c2ccc(N(c3ccc(-c4ccc5ccccc5c4)cc3)c3ccc(-c4ccc5c(c4)c4ccccc4n5-c4ccccc4)cc3)cc2)=Cc2ccccc21. The first-order chi connectivity index (χ1) is 29.0. The summed E-state index contributed by atoms with van der Waals surface area (Å²) in [5.41, 5.74) is 17.0. The van der Waals surface area contributed by atoms with Crippen molar-refractivity contribution < 1.29 is 0 Å². The zero-order valence-electron chi connectivity index (χ0n) is 33.2. The van der Waals surface area contributed by atoms with Crippen molar-refractivity contribution in [2.45, 2.75) is 19.3 Å². The van der Waals surface area contributed by atoms with Crippen LogP contribution in [0.4, 0.5) is 17.1 Å². The van der Waals surface area contributed by atoms with Crippen molar-refractivity contribution in [2.24, 2.45) is 0 Å². The molecule has 0 atom stereocenters. The highest BCUT2D eigenvalue weighted by molar-refractivity contribution is 6.10. The van der Waals surface area contributed by atoms with Crippen LogP contribution >= 0.6 is 0 Å². The number of allylic oxidation sites excluding steroid dienone is 1. The van der Waals surface area contributed by atoms with E-state index in [-0.39, 0.29) is 5.41 Å². The summed E-state index contributed by atoms with van der Waals surface area (Å²) in [6, 6.07) is 77.5. The number of hydrogen-bond donors (Lipinski definition) is 0. The van der Waals surface area contributed by atoms with Gasteiger partial charge in [0.1, 0.15) is 0 Å². The smallest absolute Gasteiger partial charge is 0.0541 e. The van der Waals surface area contributed by atoms with Crippen LogP contribution < -0.4 is 4.90 Å². The van der Waals surface area contributed by atoms with Crippen LogP contribution in [0.25, 0.3) is 72.2 Å². The highest BCUT2D eigenvalue weighted by Crippen LogP contribution is 2.47. The number of hydrogen-bond acceptors (Lipinski definition) is 1. The molecule has 0 bridgehead atoms. The zero-order valence-corrected chi connectivity index (χ0v) is 33.2. The molecule has 2 heteroatoms. The lowest BCUT2D eigenvalue weighted by molar-refractivity contribution is 0.704. The summed E-state index contributed by atoms with van der Waals surface area (Å²) in [6.45, 7) is 4.67. The van der Waals surface area contributed by atoms with Crippen LogP contribution in [-0.4, -0.2) is 4.57 Å². The minimum absolute atomic E-state index is 0.0638. The van der Waals surface area contributed by atoms with Gasteiger partial charge in [0.2, 0.25) is 0 Å². The number of benzene rings is 9. The molecule has 280 valence electrons. The van der Waals surface area contributed by atoms with Gasteiger partial charge in [0, 0.05) is 38.9 Å². The van der Waals surface area contributed by atoms with Gasteiger partial charge in [0.05, 0.1) is 11.0 Å². The summed E-state index contributed by atoms with van der Waals surface area (Å²) in [7, 11) is 0. The molecule has 0 saturated carbocycles. The summed E-state index contributed by atoms with van der Waals surface area (Å²) in [5, 5.41) is 5.01. The summed E-state index contributed by atoms with van der Waals surface area (Å²) >= 11 is 0. The maximum absolute atomic E-state index is 2.37. The standard InChI is InChI=1S/C57H42N2/c1-57(2)53-18-10-8-14-46(53)38-54(57)42-26-33-50(34-27-42)58(48-29-22-40(23-30-48)44-21-20-39-12-6-7-13-43(39)36-44)49-31-24-41(25-32-49)45-28-35-56-52(37-45)51-17-9-11-19-55(51)59(56)47-15-4-3-5-16-47/h3-38H,1-2H3. The summed E-state index contributed by atoms with van der Waals surface area (Å²) in [5.74, 6) is 0. The molecule has 0 N–H and O–H groups in total. The number of para-hydroxylation sites is 2. The zero-order chi connectivity index (χ0) is 39.5. The molecule has 0 aliphatic heterocycles. The molecule has 11 rings (SSSR count). The fourth-order valence-electron chi connectivity index (χ4n) is 9.34. The van der Waals surface area contributed by atoms with E-state index in [0.29, 0.717) is 0 Å². The first kappa shape index (κ1) is 34.8. The molecule has 1 heterocycles. The first-order valence-corrected chi connectivity index (χ1v) is 20.5. The first-order valence-electron chi connectivity index (χ1n) is 20.5. The van der Waals surface area contributed by atoms with E-state index >= 15 is 0 Å².